The maximum absolute atomic E-state index is 12.1. The number of nitrogens with zero attached hydrogens (tertiary/aromatic N) is 4. The number of anilines is 2. The fourth-order valence-corrected chi connectivity index (χ4v) is 3.20. The number of hydrogen-bond donors (Lipinski definition) is 1. The molecule has 28 heavy (non-hydrogen) atoms. The summed E-state index contributed by atoms with van der Waals surface area (Å²) in [6.45, 7) is 0. The molecule has 1 N–H and O–H groups in total. The Kier molecular flexibility index (Phi) is 4.53. The Hall–Kier alpha value is -3.67. The van der Waals surface area contributed by atoms with Gasteiger partial charge in [0.15, 0.2) is 0 Å². The van der Waals surface area contributed by atoms with Gasteiger partial charge in [0, 0.05) is 56.2 Å². The van der Waals surface area contributed by atoms with E-state index in [0.717, 1.165) is 33.7 Å². The summed E-state index contributed by atoms with van der Waals surface area (Å²) in [5.74, 6) is 0.763. The molecule has 0 aliphatic heterocycles. The number of fused-ring (bicyclic) bond motifs is 1. The van der Waals surface area contributed by atoms with Gasteiger partial charge in [0.2, 0.25) is 0 Å². The van der Waals surface area contributed by atoms with Gasteiger partial charge in [0.1, 0.15) is 5.82 Å². The third kappa shape index (κ3) is 3.32. The van der Waals surface area contributed by atoms with Crippen molar-refractivity contribution in [2.24, 2.45) is 7.05 Å². The van der Waals surface area contributed by atoms with Crippen molar-refractivity contribution in [3.8, 4) is 11.3 Å². The van der Waals surface area contributed by atoms with Gasteiger partial charge in [0.25, 0.3) is 5.91 Å². The van der Waals surface area contributed by atoms with Crippen molar-refractivity contribution in [2.75, 3.05) is 19.4 Å². The number of aryl methyl sites for hydroxylation is 1. The normalized spacial score (nSPS) is 10.8. The molecule has 0 aliphatic carbocycles. The van der Waals surface area contributed by atoms with Gasteiger partial charge in [-0.3, -0.25) is 9.78 Å². The van der Waals surface area contributed by atoms with E-state index in [2.05, 4.69) is 25.9 Å². The minimum Gasteiger partial charge on any atom is -0.345 e. The molecule has 0 atom stereocenters. The summed E-state index contributed by atoms with van der Waals surface area (Å²) >= 11 is 0. The second-order valence-electron chi connectivity index (χ2n) is 6.86. The minimum absolute atomic E-state index is 0.00101. The van der Waals surface area contributed by atoms with Crippen LogP contribution in [-0.2, 0) is 7.05 Å². The second kappa shape index (κ2) is 7.15. The first kappa shape index (κ1) is 17.7. The molecule has 0 aliphatic rings. The van der Waals surface area contributed by atoms with E-state index in [1.165, 1.54) is 0 Å². The molecule has 0 fully saturated rings. The number of hydrogen-bond acceptors (Lipinski definition) is 4. The molecule has 140 valence electrons. The molecule has 0 bridgehead atoms. The van der Waals surface area contributed by atoms with Crippen LogP contribution in [0.5, 0.6) is 0 Å². The van der Waals surface area contributed by atoms with Crippen LogP contribution in [-0.4, -0.2) is 39.4 Å². The average Bonchev–Trinajstić information content (AvgIpc) is 3.04. The van der Waals surface area contributed by atoms with E-state index in [0.29, 0.717) is 5.56 Å². The highest BCUT2D eigenvalue weighted by Crippen LogP contribution is 2.29. The number of aromatic nitrogens is 3. The molecule has 3 aromatic heterocycles. The summed E-state index contributed by atoms with van der Waals surface area (Å²) in [5.41, 5.74) is 4.77. The van der Waals surface area contributed by atoms with Crippen molar-refractivity contribution in [2.45, 2.75) is 0 Å². The summed E-state index contributed by atoms with van der Waals surface area (Å²) in [6, 6.07) is 15.7. The third-order valence-corrected chi connectivity index (χ3v) is 4.69. The van der Waals surface area contributed by atoms with Gasteiger partial charge in [-0.15, -0.1) is 0 Å². The lowest BCUT2D eigenvalue weighted by Crippen LogP contribution is -2.21. The van der Waals surface area contributed by atoms with Gasteiger partial charge in [-0.1, -0.05) is 12.1 Å². The van der Waals surface area contributed by atoms with Gasteiger partial charge in [-0.25, -0.2) is 4.98 Å². The van der Waals surface area contributed by atoms with Crippen molar-refractivity contribution >= 4 is 28.3 Å². The lowest BCUT2D eigenvalue weighted by molar-refractivity contribution is 0.0827. The molecule has 0 saturated carbocycles. The SMILES string of the molecule is CN(C)C(=O)c1ccc(-c2cc3cnc(Nc4cccnc4)cc3n2C)cc1. The first-order valence-corrected chi connectivity index (χ1v) is 8.97. The largest absolute Gasteiger partial charge is 0.345 e. The van der Waals surface area contributed by atoms with Crippen molar-refractivity contribution in [1.82, 2.24) is 19.4 Å². The zero-order valence-electron chi connectivity index (χ0n) is 16.0. The number of benzene rings is 1. The number of carbonyl (C=O) groups is 1. The Balaban J connectivity index is 1.67. The molecule has 4 aromatic rings. The van der Waals surface area contributed by atoms with Crippen molar-refractivity contribution in [1.29, 1.82) is 0 Å². The van der Waals surface area contributed by atoms with Gasteiger partial charge in [0.05, 0.1) is 17.4 Å². The Labute approximate surface area is 163 Å². The van der Waals surface area contributed by atoms with Crippen molar-refractivity contribution < 1.29 is 4.79 Å². The van der Waals surface area contributed by atoms with E-state index in [9.17, 15) is 4.79 Å². The van der Waals surface area contributed by atoms with Gasteiger partial charge in [-0.05, 0) is 35.9 Å². The van der Waals surface area contributed by atoms with E-state index >= 15 is 0 Å². The molecular weight excluding hydrogens is 350 g/mol. The number of pyridine rings is 2. The van der Waals surface area contributed by atoms with Crippen LogP contribution in [0.25, 0.3) is 22.2 Å². The third-order valence-electron chi connectivity index (χ3n) is 4.69. The van der Waals surface area contributed by atoms with Crippen LogP contribution >= 0.6 is 0 Å². The van der Waals surface area contributed by atoms with E-state index < -0.39 is 0 Å². The summed E-state index contributed by atoms with van der Waals surface area (Å²) in [7, 11) is 5.54. The Bertz CT molecular complexity index is 1130. The summed E-state index contributed by atoms with van der Waals surface area (Å²) in [6.07, 6.45) is 5.36. The molecular formula is C22H21N5O. The molecule has 6 heteroatoms. The first-order chi connectivity index (χ1) is 13.5. The van der Waals surface area contributed by atoms with E-state index in [4.69, 9.17) is 0 Å². The lowest BCUT2D eigenvalue weighted by atomic mass is 10.1. The molecule has 0 unspecified atom stereocenters. The lowest BCUT2D eigenvalue weighted by Gasteiger charge is -2.11. The Morgan fingerprint density at radius 1 is 1.07 bits per heavy atom. The number of rotatable bonds is 4. The molecule has 6 nitrogen and oxygen atoms in total. The predicted octanol–water partition coefficient (Wildman–Crippen LogP) is 4.08. The highest BCUT2D eigenvalue weighted by molar-refractivity contribution is 5.94. The van der Waals surface area contributed by atoms with Crippen LogP contribution in [0.15, 0.2) is 67.1 Å². The average molecular weight is 371 g/mol. The Morgan fingerprint density at radius 2 is 1.86 bits per heavy atom. The summed E-state index contributed by atoms with van der Waals surface area (Å²) in [5, 5.41) is 4.33. The van der Waals surface area contributed by atoms with Crippen LogP contribution in [0, 0.1) is 0 Å². The molecule has 0 spiro atoms. The summed E-state index contributed by atoms with van der Waals surface area (Å²) in [4.78, 5) is 22.3. The molecule has 0 saturated heterocycles. The van der Waals surface area contributed by atoms with Gasteiger partial charge in [-0.2, -0.15) is 0 Å². The maximum Gasteiger partial charge on any atom is 0.253 e. The highest BCUT2D eigenvalue weighted by Gasteiger charge is 2.12. The quantitative estimate of drug-likeness (QED) is 0.587. The zero-order chi connectivity index (χ0) is 19.7. The fraction of sp³-hybridized carbons (Fsp3) is 0.136. The Morgan fingerprint density at radius 3 is 2.54 bits per heavy atom. The molecule has 3 heterocycles. The number of amides is 1. The van der Waals surface area contributed by atoms with E-state index in [-0.39, 0.29) is 5.91 Å². The number of nitrogens with one attached hydrogen (secondary N) is 1. The zero-order valence-corrected chi connectivity index (χ0v) is 16.0. The molecule has 0 radical (unpaired) electrons. The van der Waals surface area contributed by atoms with Crippen LogP contribution in [0.2, 0.25) is 0 Å². The topological polar surface area (TPSA) is 63.1 Å². The second-order valence-corrected chi connectivity index (χ2v) is 6.86. The van der Waals surface area contributed by atoms with Crippen LogP contribution in [0.4, 0.5) is 11.5 Å². The minimum atomic E-state index is -0.00101. The van der Waals surface area contributed by atoms with Gasteiger partial charge < -0.3 is 14.8 Å². The van der Waals surface area contributed by atoms with Crippen molar-refractivity contribution in [3.05, 3.63) is 72.7 Å². The molecule has 4 rings (SSSR count). The van der Waals surface area contributed by atoms with Crippen LogP contribution in [0.1, 0.15) is 10.4 Å². The predicted molar refractivity (Wildman–Crippen MR) is 112 cm³/mol. The monoisotopic (exact) mass is 371 g/mol. The maximum atomic E-state index is 12.1. The highest BCUT2D eigenvalue weighted by atomic mass is 16.2. The molecule has 1 amide bonds. The van der Waals surface area contributed by atoms with Crippen LogP contribution in [0.3, 0.4) is 0 Å². The van der Waals surface area contributed by atoms with Crippen molar-refractivity contribution in [3.63, 3.8) is 0 Å². The van der Waals surface area contributed by atoms with Crippen LogP contribution < -0.4 is 5.32 Å². The van der Waals surface area contributed by atoms with E-state index in [1.807, 2.05) is 55.7 Å². The van der Waals surface area contributed by atoms with Gasteiger partial charge >= 0.3 is 0 Å². The smallest absolute Gasteiger partial charge is 0.253 e. The number of carbonyl (C=O) groups excluding carboxylic acids is 1. The summed E-state index contributed by atoms with van der Waals surface area (Å²) < 4.78 is 2.13. The fourth-order valence-electron chi connectivity index (χ4n) is 3.20. The standard InChI is InChI=1S/C22H21N5O/c1-26(2)22(28)16-8-6-15(7-9-16)19-11-17-13-24-21(12-20(17)27(19)3)25-18-5-4-10-23-14-18/h4-14H,1-3H3,(H,24,25). The van der Waals surface area contributed by atoms with E-state index in [1.54, 1.807) is 31.4 Å². The molecule has 1 aromatic carbocycles. The first-order valence-electron chi connectivity index (χ1n) is 8.97.